The van der Waals surface area contributed by atoms with Gasteiger partial charge in [0.15, 0.2) is 5.13 Å². The third kappa shape index (κ3) is 5.72. The van der Waals surface area contributed by atoms with Gasteiger partial charge in [0.05, 0.1) is 10.4 Å². The monoisotopic (exact) mass is 462 g/mol. The molecule has 0 aliphatic carbocycles. The van der Waals surface area contributed by atoms with E-state index in [4.69, 9.17) is 0 Å². The molecule has 2 N–H and O–H groups in total. The normalized spacial score (nSPS) is 14.3. The minimum Gasteiger partial charge on any atom is -0.371 e. The van der Waals surface area contributed by atoms with Gasteiger partial charge in [-0.1, -0.05) is 11.3 Å². The van der Waals surface area contributed by atoms with Crippen LogP contribution in [0.25, 0.3) is 10.4 Å². The third-order valence-corrected chi connectivity index (χ3v) is 5.90. The summed E-state index contributed by atoms with van der Waals surface area (Å²) >= 11 is 1.33. The quantitative estimate of drug-likeness (QED) is 0.556. The Morgan fingerprint density at radius 2 is 1.91 bits per heavy atom. The van der Waals surface area contributed by atoms with Gasteiger partial charge in [-0.25, -0.2) is 9.97 Å². The standard InChI is InChI=1S/C21H21F3N6OS/c22-21(23,24)13-28-19(31)15-8-14(10-25-11-15)17-12-27-20(32-17)29-18-9-16(4-5-26-18)30-6-2-1-3-7-30/h4-5,8-12H,1-3,6-7,13H2,(H,28,31)(H,26,27,29). The summed E-state index contributed by atoms with van der Waals surface area (Å²) in [6, 6.07) is 5.47. The molecule has 0 spiro atoms. The number of carbonyl (C=O) groups is 1. The summed E-state index contributed by atoms with van der Waals surface area (Å²) in [5, 5.41) is 5.65. The number of amides is 1. The summed E-state index contributed by atoms with van der Waals surface area (Å²) in [4.78, 5) is 27.7. The Bertz CT molecular complexity index is 1080. The van der Waals surface area contributed by atoms with Gasteiger partial charge in [-0.3, -0.25) is 9.78 Å². The Morgan fingerprint density at radius 1 is 1.09 bits per heavy atom. The molecule has 0 bridgehead atoms. The van der Waals surface area contributed by atoms with E-state index in [0.29, 0.717) is 16.5 Å². The van der Waals surface area contributed by atoms with Crippen LogP contribution in [0.5, 0.6) is 0 Å². The van der Waals surface area contributed by atoms with E-state index in [2.05, 4.69) is 25.2 Å². The first-order chi connectivity index (χ1) is 15.4. The number of piperidine rings is 1. The molecule has 3 aromatic heterocycles. The van der Waals surface area contributed by atoms with Crippen LogP contribution in [0.1, 0.15) is 29.6 Å². The Morgan fingerprint density at radius 3 is 2.69 bits per heavy atom. The van der Waals surface area contributed by atoms with E-state index in [1.54, 1.807) is 12.4 Å². The molecule has 0 atom stereocenters. The highest BCUT2D eigenvalue weighted by atomic mass is 32.1. The fourth-order valence-corrected chi connectivity index (χ4v) is 4.20. The topological polar surface area (TPSA) is 83.0 Å². The second kappa shape index (κ2) is 9.51. The van der Waals surface area contributed by atoms with Gasteiger partial charge >= 0.3 is 6.18 Å². The van der Waals surface area contributed by atoms with Crippen molar-refractivity contribution in [2.45, 2.75) is 25.4 Å². The Kier molecular flexibility index (Phi) is 6.54. The van der Waals surface area contributed by atoms with Gasteiger partial charge in [-0.2, -0.15) is 13.2 Å². The number of aromatic nitrogens is 3. The van der Waals surface area contributed by atoms with Crippen molar-refractivity contribution in [2.24, 2.45) is 0 Å². The lowest BCUT2D eigenvalue weighted by atomic mass is 10.1. The van der Waals surface area contributed by atoms with Crippen molar-refractivity contribution in [1.82, 2.24) is 20.3 Å². The molecular formula is C21H21F3N6OS. The first-order valence-corrected chi connectivity index (χ1v) is 10.9. The highest BCUT2D eigenvalue weighted by molar-refractivity contribution is 7.18. The number of hydrogen-bond donors (Lipinski definition) is 2. The van der Waals surface area contributed by atoms with E-state index in [9.17, 15) is 18.0 Å². The highest BCUT2D eigenvalue weighted by Crippen LogP contribution is 2.31. The molecule has 32 heavy (non-hydrogen) atoms. The molecule has 1 saturated heterocycles. The maximum absolute atomic E-state index is 12.3. The first kappa shape index (κ1) is 22.0. The van der Waals surface area contributed by atoms with E-state index in [0.717, 1.165) is 23.7 Å². The van der Waals surface area contributed by atoms with Crippen LogP contribution in [-0.4, -0.2) is 46.7 Å². The van der Waals surface area contributed by atoms with Gasteiger partial charge < -0.3 is 15.5 Å². The molecular weight excluding hydrogens is 441 g/mol. The van der Waals surface area contributed by atoms with Crippen LogP contribution in [0.4, 0.5) is 29.8 Å². The van der Waals surface area contributed by atoms with Gasteiger partial charge in [0.1, 0.15) is 12.4 Å². The summed E-state index contributed by atoms with van der Waals surface area (Å²) in [7, 11) is 0. The van der Waals surface area contributed by atoms with Crippen LogP contribution < -0.4 is 15.5 Å². The molecule has 1 fully saturated rings. The van der Waals surface area contributed by atoms with Crippen LogP contribution in [-0.2, 0) is 0 Å². The molecule has 4 rings (SSSR count). The summed E-state index contributed by atoms with van der Waals surface area (Å²) in [6.07, 6.45) is 5.29. The van der Waals surface area contributed by atoms with Crippen LogP contribution >= 0.6 is 11.3 Å². The molecule has 1 amide bonds. The van der Waals surface area contributed by atoms with Crippen molar-refractivity contribution in [2.75, 3.05) is 29.9 Å². The van der Waals surface area contributed by atoms with Crippen LogP contribution in [0, 0.1) is 0 Å². The number of anilines is 3. The van der Waals surface area contributed by atoms with Gasteiger partial charge in [-0.05, 0) is 31.4 Å². The summed E-state index contributed by atoms with van der Waals surface area (Å²) in [5.41, 5.74) is 1.75. The van der Waals surface area contributed by atoms with Crippen molar-refractivity contribution >= 4 is 33.9 Å². The highest BCUT2D eigenvalue weighted by Gasteiger charge is 2.28. The maximum atomic E-state index is 12.3. The second-order valence-corrected chi connectivity index (χ2v) is 8.39. The van der Waals surface area contributed by atoms with E-state index in [-0.39, 0.29) is 5.56 Å². The summed E-state index contributed by atoms with van der Waals surface area (Å²) < 4.78 is 37.0. The molecule has 0 aromatic carbocycles. The Hall–Kier alpha value is -3.21. The largest absolute Gasteiger partial charge is 0.405 e. The fourth-order valence-electron chi connectivity index (χ4n) is 3.39. The number of halogens is 3. The van der Waals surface area contributed by atoms with E-state index in [1.165, 1.54) is 49.1 Å². The molecule has 1 aliphatic heterocycles. The predicted molar refractivity (Wildman–Crippen MR) is 117 cm³/mol. The number of alkyl halides is 3. The number of thiazole rings is 1. The van der Waals surface area contributed by atoms with E-state index < -0.39 is 18.6 Å². The summed E-state index contributed by atoms with van der Waals surface area (Å²) in [6.45, 7) is 0.670. The number of pyridine rings is 2. The molecule has 0 saturated carbocycles. The minimum absolute atomic E-state index is 0.0468. The zero-order chi connectivity index (χ0) is 22.6. The molecule has 11 heteroatoms. The van der Waals surface area contributed by atoms with Gasteiger partial charge in [0, 0.05) is 55.2 Å². The lowest BCUT2D eigenvalue weighted by Gasteiger charge is -2.28. The molecule has 0 radical (unpaired) electrons. The van der Waals surface area contributed by atoms with Crippen molar-refractivity contribution in [3.8, 4) is 10.4 Å². The van der Waals surface area contributed by atoms with E-state index in [1.807, 2.05) is 17.4 Å². The number of nitrogens with one attached hydrogen (secondary N) is 2. The van der Waals surface area contributed by atoms with Crippen LogP contribution in [0.2, 0.25) is 0 Å². The van der Waals surface area contributed by atoms with Crippen molar-refractivity contribution in [3.63, 3.8) is 0 Å². The number of hydrogen-bond acceptors (Lipinski definition) is 7. The average molecular weight is 463 g/mol. The van der Waals surface area contributed by atoms with Crippen molar-refractivity contribution in [3.05, 3.63) is 48.5 Å². The lowest BCUT2D eigenvalue weighted by molar-refractivity contribution is -0.123. The second-order valence-electron chi connectivity index (χ2n) is 7.36. The van der Waals surface area contributed by atoms with Crippen LogP contribution in [0.3, 0.4) is 0 Å². The lowest BCUT2D eigenvalue weighted by Crippen LogP contribution is -2.33. The molecule has 3 aromatic rings. The van der Waals surface area contributed by atoms with Gasteiger partial charge in [0.25, 0.3) is 5.91 Å². The number of nitrogens with zero attached hydrogens (tertiary/aromatic N) is 4. The SMILES string of the molecule is O=C(NCC(F)(F)F)c1cncc(-c2cnc(Nc3cc(N4CCCCC4)ccn3)s2)c1. The zero-order valence-electron chi connectivity index (χ0n) is 17.0. The van der Waals surface area contributed by atoms with Crippen molar-refractivity contribution < 1.29 is 18.0 Å². The molecule has 4 heterocycles. The number of rotatable bonds is 6. The zero-order valence-corrected chi connectivity index (χ0v) is 17.8. The van der Waals surface area contributed by atoms with E-state index >= 15 is 0 Å². The fraction of sp³-hybridized carbons (Fsp3) is 0.333. The Balaban J connectivity index is 1.45. The molecule has 1 aliphatic rings. The van der Waals surface area contributed by atoms with Gasteiger partial charge in [0.2, 0.25) is 0 Å². The number of carbonyl (C=O) groups excluding carboxylic acids is 1. The molecule has 0 unspecified atom stereocenters. The molecule has 7 nitrogen and oxygen atoms in total. The smallest absolute Gasteiger partial charge is 0.371 e. The Labute approximate surface area is 186 Å². The minimum atomic E-state index is -4.47. The van der Waals surface area contributed by atoms with Crippen LogP contribution in [0.15, 0.2) is 43.0 Å². The average Bonchev–Trinajstić information content (AvgIpc) is 3.26. The maximum Gasteiger partial charge on any atom is 0.405 e. The first-order valence-electron chi connectivity index (χ1n) is 10.1. The van der Waals surface area contributed by atoms with Gasteiger partial charge in [-0.15, -0.1) is 0 Å². The predicted octanol–water partition coefficient (Wildman–Crippen LogP) is 4.63. The van der Waals surface area contributed by atoms with Crippen molar-refractivity contribution in [1.29, 1.82) is 0 Å². The third-order valence-electron chi connectivity index (χ3n) is 4.94. The summed E-state index contributed by atoms with van der Waals surface area (Å²) in [5.74, 6) is -0.161. The molecule has 168 valence electrons.